The summed E-state index contributed by atoms with van der Waals surface area (Å²) in [6.45, 7) is 7.00. The van der Waals surface area contributed by atoms with E-state index in [1.807, 2.05) is 0 Å². The molecule has 0 heterocycles. The Morgan fingerprint density at radius 3 is 1.79 bits per heavy atom. The van der Waals surface area contributed by atoms with Gasteiger partial charge in [-0.05, 0) is 12.8 Å². The van der Waals surface area contributed by atoms with Crippen molar-refractivity contribution in [3.63, 3.8) is 0 Å². The van der Waals surface area contributed by atoms with Crippen molar-refractivity contribution in [3.05, 3.63) is 0 Å². The molecule has 0 atom stereocenters. The minimum Gasteiger partial charge on any atom is -0.329 e. The molecule has 3 nitrogen and oxygen atoms in total. The van der Waals surface area contributed by atoms with Crippen LogP contribution in [-0.2, 0) is 0 Å². The maximum atomic E-state index is 6.60. The van der Waals surface area contributed by atoms with E-state index >= 15 is 0 Å². The first-order chi connectivity index (χ1) is 9.18. The summed E-state index contributed by atoms with van der Waals surface area (Å²) in [5.74, 6) is 0. The Morgan fingerprint density at radius 1 is 0.842 bits per heavy atom. The van der Waals surface area contributed by atoms with Crippen LogP contribution in [0.2, 0.25) is 0 Å². The molecule has 0 radical (unpaired) electrons. The summed E-state index contributed by atoms with van der Waals surface area (Å²) < 4.78 is 0. The summed E-state index contributed by atoms with van der Waals surface area (Å²) in [4.78, 5) is 0. The van der Waals surface area contributed by atoms with Gasteiger partial charge in [-0.25, -0.2) is 0 Å². The van der Waals surface area contributed by atoms with E-state index in [1.54, 1.807) is 0 Å². The maximum absolute atomic E-state index is 6.60. The van der Waals surface area contributed by atoms with Gasteiger partial charge in [0.15, 0.2) is 0 Å². The molecule has 116 valence electrons. The summed E-state index contributed by atoms with van der Waals surface area (Å²) >= 11 is 0. The molecule has 0 aliphatic rings. The fraction of sp³-hybridized carbons (Fsp3) is 1.00. The van der Waals surface area contributed by atoms with Crippen LogP contribution in [0, 0.1) is 0 Å². The molecule has 0 aromatic carbocycles. The first kappa shape index (κ1) is 18.9. The van der Waals surface area contributed by atoms with E-state index in [0.717, 1.165) is 25.9 Å². The molecule has 0 unspecified atom stereocenters. The molecule has 0 amide bonds. The molecular formula is C16H37N3. The first-order valence-electron chi connectivity index (χ1n) is 8.38. The van der Waals surface area contributed by atoms with Crippen LogP contribution in [0.15, 0.2) is 0 Å². The molecule has 3 heteroatoms. The van der Waals surface area contributed by atoms with Crippen molar-refractivity contribution < 1.29 is 0 Å². The molecule has 0 saturated carbocycles. The van der Waals surface area contributed by atoms with E-state index < -0.39 is 0 Å². The van der Waals surface area contributed by atoms with Crippen molar-refractivity contribution in [2.24, 2.45) is 11.5 Å². The van der Waals surface area contributed by atoms with Crippen LogP contribution >= 0.6 is 0 Å². The maximum Gasteiger partial charge on any atom is 0.0280 e. The third-order valence-corrected chi connectivity index (χ3v) is 3.85. The van der Waals surface area contributed by atoms with Crippen LogP contribution in [0.25, 0.3) is 0 Å². The van der Waals surface area contributed by atoms with Gasteiger partial charge in [0.1, 0.15) is 0 Å². The Morgan fingerprint density at radius 2 is 1.37 bits per heavy atom. The van der Waals surface area contributed by atoms with E-state index in [4.69, 9.17) is 11.5 Å². The fourth-order valence-corrected chi connectivity index (χ4v) is 2.55. The van der Waals surface area contributed by atoms with Crippen LogP contribution in [0.3, 0.4) is 0 Å². The van der Waals surface area contributed by atoms with Gasteiger partial charge in [-0.15, -0.1) is 0 Å². The van der Waals surface area contributed by atoms with Crippen LogP contribution in [0.4, 0.5) is 0 Å². The zero-order valence-electron chi connectivity index (χ0n) is 13.3. The van der Waals surface area contributed by atoms with Crippen LogP contribution in [-0.4, -0.2) is 25.2 Å². The molecule has 0 rings (SSSR count). The number of rotatable bonds is 14. The second kappa shape index (κ2) is 12.9. The van der Waals surface area contributed by atoms with Gasteiger partial charge in [-0.3, -0.25) is 0 Å². The molecular weight excluding hydrogens is 234 g/mol. The first-order valence-corrected chi connectivity index (χ1v) is 8.38. The highest BCUT2D eigenvalue weighted by Crippen LogP contribution is 2.20. The molecule has 5 N–H and O–H groups in total. The van der Waals surface area contributed by atoms with E-state index in [1.165, 1.54) is 51.4 Å². The fourth-order valence-electron chi connectivity index (χ4n) is 2.55. The van der Waals surface area contributed by atoms with Crippen LogP contribution in [0.1, 0.15) is 78.1 Å². The number of unbranched alkanes of at least 4 members (excludes halogenated alkanes) is 6. The lowest BCUT2D eigenvalue weighted by molar-refractivity contribution is 0.321. The molecule has 0 bridgehead atoms. The van der Waals surface area contributed by atoms with Crippen molar-refractivity contribution in [2.75, 3.05) is 19.6 Å². The summed E-state index contributed by atoms with van der Waals surface area (Å²) in [5, 5.41) is 3.41. The Bertz CT molecular complexity index is 171. The molecule has 0 saturated heterocycles. The van der Waals surface area contributed by atoms with Crippen molar-refractivity contribution >= 4 is 0 Å². The minimum absolute atomic E-state index is 0.0172. The zero-order chi connectivity index (χ0) is 14.4. The Kier molecular flexibility index (Phi) is 12.8. The van der Waals surface area contributed by atoms with Gasteiger partial charge in [0.2, 0.25) is 0 Å². The van der Waals surface area contributed by atoms with Gasteiger partial charge < -0.3 is 16.8 Å². The smallest absolute Gasteiger partial charge is 0.0280 e. The van der Waals surface area contributed by atoms with E-state index in [2.05, 4.69) is 19.2 Å². The van der Waals surface area contributed by atoms with Crippen LogP contribution in [0.5, 0.6) is 0 Å². The standard InChI is InChI=1S/C16H37N3/c1-3-5-7-9-11-16(18,15-19-14-13-17)12-10-8-6-4-2/h19H,3-15,17-18H2,1-2H3. The van der Waals surface area contributed by atoms with Gasteiger partial charge in [0, 0.05) is 25.2 Å². The Balaban J connectivity index is 3.96. The predicted molar refractivity (Wildman–Crippen MR) is 86.4 cm³/mol. The second-order valence-electron chi connectivity index (χ2n) is 5.95. The molecule has 0 spiro atoms. The Hall–Kier alpha value is -0.120. The summed E-state index contributed by atoms with van der Waals surface area (Å²) in [5.41, 5.74) is 12.1. The van der Waals surface area contributed by atoms with Gasteiger partial charge in [-0.1, -0.05) is 65.2 Å². The zero-order valence-corrected chi connectivity index (χ0v) is 13.3. The normalized spacial score (nSPS) is 12.0. The van der Waals surface area contributed by atoms with Crippen molar-refractivity contribution in [1.82, 2.24) is 5.32 Å². The van der Waals surface area contributed by atoms with E-state index in [0.29, 0.717) is 6.54 Å². The van der Waals surface area contributed by atoms with Crippen molar-refractivity contribution in [3.8, 4) is 0 Å². The number of hydrogen-bond acceptors (Lipinski definition) is 3. The van der Waals surface area contributed by atoms with Crippen molar-refractivity contribution in [2.45, 2.75) is 83.6 Å². The minimum atomic E-state index is -0.0172. The average Bonchev–Trinajstić information content (AvgIpc) is 2.41. The highest BCUT2D eigenvalue weighted by Gasteiger charge is 2.23. The molecule has 0 fully saturated rings. The lowest BCUT2D eigenvalue weighted by Crippen LogP contribution is -2.49. The summed E-state index contributed by atoms with van der Waals surface area (Å²) in [7, 11) is 0. The second-order valence-corrected chi connectivity index (χ2v) is 5.95. The molecule has 0 aromatic rings. The number of nitrogens with one attached hydrogen (secondary N) is 1. The van der Waals surface area contributed by atoms with Crippen LogP contribution < -0.4 is 16.8 Å². The quantitative estimate of drug-likeness (QED) is 0.425. The average molecular weight is 271 g/mol. The third-order valence-electron chi connectivity index (χ3n) is 3.85. The SMILES string of the molecule is CCCCCCC(N)(CCCCCC)CNCCN. The van der Waals surface area contributed by atoms with Gasteiger partial charge >= 0.3 is 0 Å². The number of nitrogens with two attached hydrogens (primary N) is 2. The molecule has 0 aliphatic heterocycles. The van der Waals surface area contributed by atoms with Crippen molar-refractivity contribution in [1.29, 1.82) is 0 Å². The number of hydrogen-bond donors (Lipinski definition) is 3. The van der Waals surface area contributed by atoms with E-state index in [-0.39, 0.29) is 5.54 Å². The summed E-state index contributed by atoms with van der Waals surface area (Å²) in [6.07, 6.45) is 12.7. The predicted octanol–water partition coefficient (Wildman–Crippen LogP) is 3.17. The molecule has 0 aromatic heterocycles. The third kappa shape index (κ3) is 11.4. The van der Waals surface area contributed by atoms with Gasteiger partial charge in [0.25, 0.3) is 0 Å². The topological polar surface area (TPSA) is 64.1 Å². The lowest BCUT2D eigenvalue weighted by Gasteiger charge is -2.30. The van der Waals surface area contributed by atoms with E-state index in [9.17, 15) is 0 Å². The largest absolute Gasteiger partial charge is 0.329 e. The highest BCUT2D eigenvalue weighted by atomic mass is 14.9. The summed E-state index contributed by atoms with van der Waals surface area (Å²) in [6, 6.07) is 0. The molecule has 0 aliphatic carbocycles. The molecule has 19 heavy (non-hydrogen) atoms. The van der Waals surface area contributed by atoms with Gasteiger partial charge in [-0.2, -0.15) is 0 Å². The lowest BCUT2D eigenvalue weighted by atomic mass is 9.87. The Labute approximate surface area is 120 Å². The monoisotopic (exact) mass is 271 g/mol. The highest BCUT2D eigenvalue weighted by molar-refractivity contribution is 4.86. The van der Waals surface area contributed by atoms with Gasteiger partial charge in [0.05, 0.1) is 0 Å².